The van der Waals surface area contributed by atoms with Crippen LogP contribution in [0.4, 0.5) is 5.69 Å². The third-order valence-corrected chi connectivity index (χ3v) is 3.28. The molecule has 1 aliphatic heterocycles. The van der Waals surface area contributed by atoms with Gasteiger partial charge in [-0.2, -0.15) is 0 Å². The zero-order valence-electron chi connectivity index (χ0n) is 10.6. The van der Waals surface area contributed by atoms with Crippen molar-refractivity contribution in [2.45, 2.75) is 11.8 Å². The van der Waals surface area contributed by atoms with E-state index >= 15 is 0 Å². The summed E-state index contributed by atoms with van der Waals surface area (Å²) in [5.41, 5.74) is 6.54. The molecule has 0 saturated carbocycles. The highest BCUT2D eigenvalue weighted by molar-refractivity contribution is 6.09. The lowest BCUT2D eigenvalue weighted by molar-refractivity contribution is -0.123. The van der Waals surface area contributed by atoms with Crippen LogP contribution in [0, 0.1) is 0 Å². The summed E-state index contributed by atoms with van der Waals surface area (Å²) < 4.78 is 5.16. The summed E-state index contributed by atoms with van der Waals surface area (Å²) in [6.45, 7) is 0.422. The topological polar surface area (TPSA) is 76.7 Å². The number of ether oxygens (including phenoxy) is 1. The highest BCUT2D eigenvalue weighted by Gasteiger charge is 2.42. The Hall–Kier alpha value is -1.88. The van der Waals surface area contributed by atoms with E-state index in [0.717, 1.165) is 17.0 Å². The minimum atomic E-state index is -0.745. The number of nitrogens with two attached hydrogens (primary N) is 1. The summed E-state index contributed by atoms with van der Waals surface area (Å²) in [7, 11) is 3.22. The zero-order valence-corrected chi connectivity index (χ0v) is 10.6. The van der Waals surface area contributed by atoms with E-state index in [0.29, 0.717) is 13.0 Å². The summed E-state index contributed by atoms with van der Waals surface area (Å²) in [5.74, 6) is 0.645. The van der Waals surface area contributed by atoms with Gasteiger partial charge in [0.15, 0.2) is 0 Å². The molecule has 1 unspecified atom stereocenters. The summed E-state index contributed by atoms with van der Waals surface area (Å²) in [4.78, 5) is 16.5. The lowest BCUT2D eigenvalue weighted by atomic mass is 9.78. The fourth-order valence-electron chi connectivity index (χ4n) is 2.32. The minimum absolute atomic E-state index is 0.0828. The number of nitrogens with zero attached hydrogens (tertiary/aromatic N) is 1. The molecule has 5 nitrogen and oxygen atoms in total. The van der Waals surface area contributed by atoms with Crippen molar-refractivity contribution >= 4 is 17.8 Å². The van der Waals surface area contributed by atoms with Gasteiger partial charge in [-0.05, 0) is 24.6 Å². The Kier molecular flexibility index (Phi) is 3.34. The van der Waals surface area contributed by atoms with E-state index < -0.39 is 5.41 Å². The first-order valence-electron chi connectivity index (χ1n) is 5.84. The smallest absolute Gasteiger partial charge is 0.235 e. The van der Waals surface area contributed by atoms with Crippen molar-refractivity contribution in [1.29, 1.82) is 0 Å². The van der Waals surface area contributed by atoms with Crippen LogP contribution in [0.3, 0.4) is 0 Å². The number of fused-ring (bicyclic) bond motifs is 1. The number of carbonyl (C=O) groups is 1. The normalized spacial score (nSPS) is 20.6. The number of amides is 1. The molecule has 1 aromatic rings. The average molecular weight is 247 g/mol. The lowest BCUT2D eigenvalue weighted by Crippen LogP contribution is -2.44. The Morgan fingerprint density at radius 1 is 1.56 bits per heavy atom. The van der Waals surface area contributed by atoms with Crippen molar-refractivity contribution in [1.82, 2.24) is 5.32 Å². The third kappa shape index (κ3) is 1.76. The van der Waals surface area contributed by atoms with Gasteiger partial charge in [0.1, 0.15) is 11.2 Å². The first-order chi connectivity index (χ1) is 8.67. The van der Waals surface area contributed by atoms with E-state index in [4.69, 9.17) is 10.5 Å². The van der Waals surface area contributed by atoms with Crippen molar-refractivity contribution in [2.24, 2.45) is 10.7 Å². The second-order valence-corrected chi connectivity index (χ2v) is 4.23. The van der Waals surface area contributed by atoms with Gasteiger partial charge in [-0.1, -0.05) is 6.07 Å². The maximum Gasteiger partial charge on any atom is 0.235 e. The molecule has 0 bridgehead atoms. The molecular formula is C13H17N3O2. The molecule has 3 N–H and O–H groups in total. The number of rotatable bonds is 4. The molecule has 18 heavy (non-hydrogen) atoms. The van der Waals surface area contributed by atoms with Crippen LogP contribution in [0.2, 0.25) is 0 Å². The summed E-state index contributed by atoms with van der Waals surface area (Å²) >= 11 is 0. The molecule has 1 aliphatic rings. The molecule has 1 aromatic carbocycles. The molecule has 0 fully saturated rings. The molecule has 0 radical (unpaired) electrons. The maximum absolute atomic E-state index is 12.2. The van der Waals surface area contributed by atoms with Gasteiger partial charge in [0, 0.05) is 19.3 Å². The number of benzene rings is 1. The molecule has 96 valence electrons. The van der Waals surface area contributed by atoms with E-state index in [-0.39, 0.29) is 5.91 Å². The Balaban J connectivity index is 2.50. The Morgan fingerprint density at radius 3 is 2.94 bits per heavy atom. The number of aliphatic imine (C=N–C) groups is 1. The Labute approximate surface area is 106 Å². The van der Waals surface area contributed by atoms with E-state index in [2.05, 4.69) is 10.3 Å². The maximum atomic E-state index is 12.2. The molecule has 1 amide bonds. The van der Waals surface area contributed by atoms with Gasteiger partial charge < -0.3 is 15.8 Å². The number of hydrogen-bond acceptors (Lipinski definition) is 4. The molecule has 2 rings (SSSR count). The van der Waals surface area contributed by atoms with Gasteiger partial charge in [0.05, 0.1) is 12.8 Å². The average Bonchev–Trinajstić information content (AvgIpc) is 2.77. The van der Waals surface area contributed by atoms with Crippen molar-refractivity contribution in [3.63, 3.8) is 0 Å². The third-order valence-electron chi connectivity index (χ3n) is 3.28. The van der Waals surface area contributed by atoms with Crippen LogP contribution >= 0.6 is 0 Å². The summed E-state index contributed by atoms with van der Waals surface area (Å²) in [6, 6.07) is 5.54. The fourth-order valence-corrected chi connectivity index (χ4v) is 2.32. The van der Waals surface area contributed by atoms with Crippen LogP contribution in [0.15, 0.2) is 23.2 Å². The molecule has 0 aliphatic carbocycles. The Morgan fingerprint density at radius 2 is 2.33 bits per heavy atom. The number of carbonyl (C=O) groups excluding carboxylic acids is 1. The van der Waals surface area contributed by atoms with Crippen molar-refractivity contribution in [3.05, 3.63) is 23.8 Å². The van der Waals surface area contributed by atoms with E-state index in [1.54, 1.807) is 20.4 Å². The number of methoxy groups -OCH3 is 1. The SMILES string of the molecule is CNC(=O)C1(CCN)C=Nc2cc(OC)ccc21. The number of nitrogens with one attached hydrogen (secondary N) is 1. The summed E-state index contributed by atoms with van der Waals surface area (Å²) in [5, 5.41) is 2.69. The largest absolute Gasteiger partial charge is 0.497 e. The molecule has 1 heterocycles. The molecule has 0 spiro atoms. The van der Waals surface area contributed by atoms with Crippen LogP contribution in [0.25, 0.3) is 0 Å². The van der Waals surface area contributed by atoms with Crippen LogP contribution in [0.1, 0.15) is 12.0 Å². The van der Waals surface area contributed by atoms with Crippen LogP contribution in [-0.4, -0.2) is 32.8 Å². The van der Waals surface area contributed by atoms with Gasteiger partial charge in [-0.15, -0.1) is 0 Å². The van der Waals surface area contributed by atoms with Crippen molar-refractivity contribution in [2.75, 3.05) is 20.7 Å². The standard InChI is InChI=1S/C13H17N3O2/c1-15-12(17)13(5-6-14)8-16-11-7-9(18-2)3-4-10(11)13/h3-4,7-8H,5-6,14H2,1-2H3,(H,15,17). The van der Waals surface area contributed by atoms with Crippen molar-refractivity contribution in [3.8, 4) is 5.75 Å². The van der Waals surface area contributed by atoms with Gasteiger partial charge in [-0.25, -0.2) is 0 Å². The highest BCUT2D eigenvalue weighted by Crippen LogP contribution is 2.41. The Bertz CT molecular complexity index is 499. The van der Waals surface area contributed by atoms with Gasteiger partial charge in [-0.3, -0.25) is 9.79 Å². The first kappa shape index (κ1) is 12.6. The number of likely N-dealkylation sites (N-methyl/N-ethyl adjacent to an activating group) is 1. The van der Waals surface area contributed by atoms with Crippen LogP contribution in [-0.2, 0) is 10.2 Å². The van der Waals surface area contributed by atoms with E-state index in [1.165, 1.54) is 0 Å². The highest BCUT2D eigenvalue weighted by atomic mass is 16.5. The van der Waals surface area contributed by atoms with Crippen molar-refractivity contribution < 1.29 is 9.53 Å². The van der Waals surface area contributed by atoms with Crippen LogP contribution < -0.4 is 15.8 Å². The molecule has 0 aromatic heterocycles. The predicted molar refractivity (Wildman–Crippen MR) is 70.6 cm³/mol. The second-order valence-electron chi connectivity index (χ2n) is 4.23. The quantitative estimate of drug-likeness (QED) is 0.824. The van der Waals surface area contributed by atoms with Crippen LogP contribution in [0.5, 0.6) is 5.75 Å². The van der Waals surface area contributed by atoms with Gasteiger partial charge in [0.2, 0.25) is 5.91 Å². The predicted octanol–water partition coefficient (Wildman–Crippen LogP) is 0.744. The molecule has 5 heteroatoms. The molecular weight excluding hydrogens is 230 g/mol. The van der Waals surface area contributed by atoms with Gasteiger partial charge in [0.25, 0.3) is 0 Å². The first-order valence-corrected chi connectivity index (χ1v) is 5.84. The molecule has 1 atom stereocenters. The minimum Gasteiger partial charge on any atom is -0.497 e. The fraction of sp³-hybridized carbons (Fsp3) is 0.385. The zero-order chi connectivity index (χ0) is 13.2. The van der Waals surface area contributed by atoms with E-state index in [9.17, 15) is 4.79 Å². The monoisotopic (exact) mass is 247 g/mol. The second kappa shape index (κ2) is 4.78. The van der Waals surface area contributed by atoms with E-state index in [1.807, 2.05) is 18.2 Å². The molecule has 0 saturated heterocycles. The number of hydrogen-bond donors (Lipinski definition) is 2. The lowest BCUT2D eigenvalue weighted by Gasteiger charge is -2.25. The summed E-state index contributed by atoms with van der Waals surface area (Å²) in [6.07, 6.45) is 2.22. The van der Waals surface area contributed by atoms with Gasteiger partial charge >= 0.3 is 0 Å².